The summed E-state index contributed by atoms with van der Waals surface area (Å²) in [7, 11) is 0. The Kier molecular flexibility index (Phi) is 3.51. The maximum atomic E-state index is 6.05. The molecule has 0 bridgehead atoms. The molecule has 2 N–H and O–H groups in total. The van der Waals surface area contributed by atoms with Gasteiger partial charge in [0.15, 0.2) is 0 Å². The minimum absolute atomic E-state index is 0.417. The van der Waals surface area contributed by atoms with E-state index in [9.17, 15) is 0 Å². The summed E-state index contributed by atoms with van der Waals surface area (Å²) in [6, 6.07) is 8.72. The Hall–Kier alpha value is -1.41. The molecule has 20 heavy (non-hydrogen) atoms. The van der Waals surface area contributed by atoms with Crippen molar-refractivity contribution in [2.45, 2.75) is 39.0 Å². The van der Waals surface area contributed by atoms with Crippen LogP contribution in [-0.4, -0.2) is 11.5 Å². The predicted molar refractivity (Wildman–Crippen MR) is 84.7 cm³/mol. The van der Waals surface area contributed by atoms with Crippen molar-refractivity contribution in [1.29, 1.82) is 0 Å². The van der Waals surface area contributed by atoms with Crippen LogP contribution in [0.4, 0.5) is 0 Å². The Bertz CT molecular complexity index is 598. The Morgan fingerprint density at radius 3 is 2.95 bits per heavy atom. The van der Waals surface area contributed by atoms with Crippen molar-refractivity contribution in [2.24, 2.45) is 17.1 Å². The third-order valence-electron chi connectivity index (χ3n) is 4.95. The van der Waals surface area contributed by atoms with Gasteiger partial charge in [0.05, 0.1) is 0 Å². The maximum absolute atomic E-state index is 6.05. The zero-order valence-electron chi connectivity index (χ0n) is 12.5. The minimum Gasteiger partial charge on any atom is -0.330 e. The van der Waals surface area contributed by atoms with Crippen molar-refractivity contribution in [3.8, 4) is 0 Å². The first-order chi connectivity index (χ1) is 9.61. The molecular weight excluding hydrogens is 244 g/mol. The van der Waals surface area contributed by atoms with Gasteiger partial charge >= 0.3 is 0 Å². The van der Waals surface area contributed by atoms with Crippen LogP contribution in [0.25, 0.3) is 10.8 Å². The van der Waals surface area contributed by atoms with E-state index >= 15 is 0 Å². The topological polar surface area (TPSA) is 38.9 Å². The van der Waals surface area contributed by atoms with Crippen molar-refractivity contribution < 1.29 is 0 Å². The summed E-state index contributed by atoms with van der Waals surface area (Å²) in [5.74, 6) is 1.17. The Morgan fingerprint density at radius 2 is 2.15 bits per heavy atom. The lowest BCUT2D eigenvalue weighted by molar-refractivity contribution is 0.166. The van der Waals surface area contributed by atoms with Gasteiger partial charge in [-0.1, -0.05) is 32.0 Å². The second-order valence-corrected chi connectivity index (χ2v) is 6.95. The van der Waals surface area contributed by atoms with Crippen LogP contribution in [-0.2, 0) is 0 Å². The van der Waals surface area contributed by atoms with Crippen LogP contribution in [0.1, 0.15) is 44.6 Å². The lowest BCUT2D eigenvalue weighted by Crippen LogP contribution is -2.32. The molecular formula is C18H24N2. The smallest absolute Gasteiger partial charge is 0.0349 e. The second-order valence-electron chi connectivity index (χ2n) is 6.95. The van der Waals surface area contributed by atoms with Crippen LogP contribution < -0.4 is 5.73 Å². The number of nitrogens with two attached hydrogens (primary N) is 1. The van der Waals surface area contributed by atoms with Gasteiger partial charge < -0.3 is 5.73 Å². The van der Waals surface area contributed by atoms with Gasteiger partial charge in [-0.05, 0) is 60.1 Å². The Balaban J connectivity index is 2.07. The largest absolute Gasteiger partial charge is 0.330 e. The fraction of sp³-hybridized carbons (Fsp3) is 0.500. The molecule has 1 aliphatic carbocycles. The molecule has 3 rings (SSSR count). The van der Waals surface area contributed by atoms with Gasteiger partial charge in [0.2, 0.25) is 0 Å². The molecule has 1 aliphatic rings. The van der Waals surface area contributed by atoms with Crippen molar-refractivity contribution in [3.63, 3.8) is 0 Å². The summed E-state index contributed by atoms with van der Waals surface area (Å²) in [5.41, 5.74) is 7.91. The molecule has 0 amide bonds. The van der Waals surface area contributed by atoms with Gasteiger partial charge in [-0.2, -0.15) is 0 Å². The number of benzene rings is 1. The summed E-state index contributed by atoms with van der Waals surface area (Å²) >= 11 is 0. The van der Waals surface area contributed by atoms with E-state index in [0.717, 1.165) is 6.54 Å². The molecule has 0 aliphatic heterocycles. The highest BCUT2D eigenvalue weighted by Gasteiger charge is 2.35. The third-order valence-corrected chi connectivity index (χ3v) is 4.95. The zero-order chi connectivity index (χ0) is 14.2. The molecule has 2 unspecified atom stereocenters. The number of hydrogen-bond acceptors (Lipinski definition) is 2. The monoisotopic (exact) mass is 268 g/mol. The highest BCUT2D eigenvalue weighted by atomic mass is 14.6. The molecule has 1 aromatic heterocycles. The number of pyridine rings is 1. The molecule has 2 nitrogen and oxygen atoms in total. The lowest BCUT2D eigenvalue weighted by atomic mass is 9.64. The van der Waals surface area contributed by atoms with Crippen molar-refractivity contribution >= 4 is 10.8 Å². The Labute approximate surface area is 121 Å². The number of hydrogen-bond donors (Lipinski definition) is 1. The molecule has 2 heteroatoms. The van der Waals surface area contributed by atoms with E-state index in [4.69, 9.17) is 5.73 Å². The van der Waals surface area contributed by atoms with Crippen molar-refractivity contribution in [3.05, 3.63) is 42.2 Å². The maximum Gasteiger partial charge on any atom is 0.0349 e. The van der Waals surface area contributed by atoms with E-state index in [2.05, 4.69) is 43.1 Å². The standard InChI is InChI=1S/C18H24N2/c1-18(2)8-6-14(11-19)16(10-18)15-5-3-4-13-7-9-20-12-17(13)15/h3-5,7,9,12,14,16H,6,8,10-11,19H2,1-2H3. The van der Waals surface area contributed by atoms with E-state index in [1.807, 2.05) is 12.4 Å². The first-order valence-electron chi connectivity index (χ1n) is 7.63. The molecule has 0 saturated heterocycles. The Morgan fingerprint density at radius 1 is 1.30 bits per heavy atom. The average molecular weight is 268 g/mol. The molecule has 0 spiro atoms. The highest BCUT2D eigenvalue weighted by molar-refractivity contribution is 5.85. The quantitative estimate of drug-likeness (QED) is 0.890. The molecule has 106 valence electrons. The van der Waals surface area contributed by atoms with Crippen LogP contribution >= 0.6 is 0 Å². The molecule has 2 aromatic rings. The minimum atomic E-state index is 0.417. The summed E-state index contributed by atoms with van der Waals surface area (Å²) in [6.45, 7) is 5.56. The van der Waals surface area contributed by atoms with E-state index in [0.29, 0.717) is 17.3 Å². The van der Waals surface area contributed by atoms with Gasteiger partial charge in [0, 0.05) is 17.8 Å². The molecule has 2 atom stereocenters. The van der Waals surface area contributed by atoms with Crippen molar-refractivity contribution in [2.75, 3.05) is 6.54 Å². The predicted octanol–water partition coefficient (Wildman–Crippen LogP) is 4.10. The van der Waals surface area contributed by atoms with Crippen LogP contribution in [0.3, 0.4) is 0 Å². The normalized spacial score (nSPS) is 25.8. The van der Waals surface area contributed by atoms with Gasteiger partial charge in [-0.15, -0.1) is 0 Å². The first-order valence-corrected chi connectivity index (χ1v) is 7.63. The lowest BCUT2D eigenvalue weighted by Gasteiger charge is -2.41. The number of aromatic nitrogens is 1. The molecule has 1 fully saturated rings. The third kappa shape index (κ3) is 2.45. The van der Waals surface area contributed by atoms with Crippen molar-refractivity contribution in [1.82, 2.24) is 4.98 Å². The fourth-order valence-corrected chi connectivity index (χ4v) is 3.75. The average Bonchev–Trinajstić information content (AvgIpc) is 2.46. The summed E-state index contributed by atoms with van der Waals surface area (Å²) < 4.78 is 0. The van der Waals surface area contributed by atoms with Gasteiger partial charge in [-0.3, -0.25) is 4.98 Å². The van der Waals surface area contributed by atoms with E-state index in [1.54, 1.807) is 0 Å². The molecule has 1 heterocycles. The summed E-state index contributed by atoms with van der Waals surface area (Å²) in [5, 5.41) is 2.59. The SMILES string of the molecule is CC1(C)CCC(CN)C(c2cccc3ccncc23)C1. The van der Waals surface area contributed by atoms with E-state index < -0.39 is 0 Å². The first kappa shape index (κ1) is 13.6. The number of nitrogens with zero attached hydrogens (tertiary/aromatic N) is 1. The zero-order valence-corrected chi connectivity index (χ0v) is 12.5. The molecule has 1 aromatic carbocycles. The highest BCUT2D eigenvalue weighted by Crippen LogP contribution is 2.47. The molecule has 0 radical (unpaired) electrons. The van der Waals surface area contributed by atoms with Crippen LogP contribution in [0.15, 0.2) is 36.7 Å². The second kappa shape index (κ2) is 5.17. The van der Waals surface area contributed by atoms with Crippen LogP contribution in [0, 0.1) is 11.3 Å². The van der Waals surface area contributed by atoms with E-state index in [-0.39, 0.29) is 0 Å². The van der Waals surface area contributed by atoms with Gasteiger partial charge in [0.1, 0.15) is 0 Å². The number of rotatable bonds is 2. The van der Waals surface area contributed by atoms with Gasteiger partial charge in [0.25, 0.3) is 0 Å². The van der Waals surface area contributed by atoms with Gasteiger partial charge in [-0.25, -0.2) is 0 Å². The van der Waals surface area contributed by atoms with Crippen LogP contribution in [0.5, 0.6) is 0 Å². The molecule has 1 saturated carbocycles. The number of fused-ring (bicyclic) bond motifs is 1. The van der Waals surface area contributed by atoms with E-state index in [1.165, 1.54) is 35.6 Å². The summed E-state index contributed by atoms with van der Waals surface area (Å²) in [6.07, 6.45) is 7.64. The van der Waals surface area contributed by atoms with Crippen LogP contribution in [0.2, 0.25) is 0 Å². The summed E-state index contributed by atoms with van der Waals surface area (Å²) in [4.78, 5) is 4.32. The fourth-order valence-electron chi connectivity index (χ4n) is 3.75.